The molecule has 0 saturated heterocycles. The van der Waals surface area contributed by atoms with Gasteiger partial charge in [-0.2, -0.15) is 0 Å². The zero-order chi connectivity index (χ0) is 16.3. The fraction of sp³-hybridized carbons (Fsp3) is 0.200. The van der Waals surface area contributed by atoms with Crippen LogP contribution in [0.15, 0.2) is 24.5 Å². The molecule has 0 aliphatic carbocycles. The highest BCUT2D eigenvalue weighted by atomic mass is 35.5. The number of amides is 1. The van der Waals surface area contributed by atoms with Crippen LogP contribution in [0.3, 0.4) is 0 Å². The third-order valence-corrected chi connectivity index (χ3v) is 3.53. The molecular weight excluding hydrogens is 304 g/mol. The number of anilines is 2. The zero-order valence-electron chi connectivity index (χ0n) is 12.2. The molecule has 22 heavy (non-hydrogen) atoms. The second-order valence-corrected chi connectivity index (χ2v) is 5.06. The number of nitrogens with two attached hydrogens (primary N) is 1. The Morgan fingerprint density at radius 1 is 1.32 bits per heavy atom. The lowest BCUT2D eigenvalue weighted by atomic mass is 10.1. The average Bonchev–Trinajstić information content (AvgIpc) is 2.51. The summed E-state index contributed by atoms with van der Waals surface area (Å²) < 4.78 is 0. The van der Waals surface area contributed by atoms with Gasteiger partial charge in [0.2, 0.25) is 0 Å². The predicted octanol–water partition coefficient (Wildman–Crippen LogP) is 2.87. The lowest BCUT2D eigenvalue weighted by molar-refractivity contribution is 0.0985. The van der Waals surface area contributed by atoms with Crippen LogP contribution in [0.2, 0.25) is 5.02 Å². The Morgan fingerprint density at radius 2 is 2.05 bits per heavy atom. The third kappa shape index (κ3) is 3.23. The van der Waals surface area contributed by atoms with E-state index in [4.69, 9.17) is 17.3 Å². The van der Waals surface area contributed by atoms with Crippen LogP contribution in [-0.2, 0) is 0 Å². The highest BCUT2D eigenvalue weighted by Crippen LogP contribution is 2.22. The molecule has 0 spiro atoms. The maximum atomic E-state index is 12.3. The molecule has 2 rings (SSSR count). The Kier molecular flexibility index (Phi) is 4.72. The summed E-state index contributed by atoms with van der Waals surface area (Å²) in [6.45, 7) is 3.61. The molecule has 3 N–H and O–H groups in total. The van der Waals surface area contributed by atoms with Gasteiger partial charge in [-0.1, -0.05) is 30.7 Å². The fourth-order valence-corrected chi connectivity index (χ4v) is 2.04. The summed E-state index contributed by atoms with van der Waals surface area (Å²) in [5.41, 5.74) is 7.43. The monoisotopic (exact) mass is 318 g/mol. The molecule has 0 saturated carbocycles. The predicted molar refractivity (Wildman–Crippen MR) is 85.2 cm³/mol. The van der Waals surface area contributed by atoms with Gasteiger partial charge in [-0.15, -0.1) is 0 Å². The Hall–Kier alpha value is -2.47. The number of hydrogen-bond acceptors (Lipinski definition) is 5. The molecule has 1 heterocycles. The van der Waals surface area contributed by atoms with Crippen LogP contribution in [0.1, 0.15) is 39.8 Å². The molecule has 0 aliphatic rings. The molecule has 0 fully saturated rings. The molecule has 2 aromatic rings. The number of nitrogens with one attached hydrogen (secondary N) is 1. The van der Waals surface area contributed by atoms with Gasteiger partial charge in [0.1, 0.15) is 17.2 Å². The first-order chi connectivity index (χ1) is 10.4. The van der Waals surface area contributed by atoms with Crippen LogP contribution in [0.25, 0.3) is 0 Å². The summed E-state index contributed by atoms with van der Waals surface area (Å²) >= 11 is 5.93. The van der Waals surface area contributed by atoms with E-state index < -0.39 is 5.91 Å². The van der Waals surface area contributed by atoms with E-state index in [1.54, 1.807) is 25.1 Å². The minimum absolute atomic E-state index is 0.000174. The van der Waals surface area contributed by atoms with Crippen LogP contribution in [-0.4, -0.2) is 21.7 Å². The highest BCUT2D eigenvalue weighted by molar-refractivity contribution is 6.36. The minimum Gasteiger partial charge on any atom is -0.382 e. The number of nitrogen functional groups attached to an aromatic ring is 1. The van der Waals surface area contributed by atoms with Gasteiger partial charge in [0.25, 0.3) is 5.91 Å². The first-order valence-electron chi connectivity index (χ1n) is 6.65. The number of hydrogen-bond donors (Lipinski definition) is 2. The number of aromatic nitrogens is 2. The lowest BCUT2D eigenvalue weighted by Gasteiger charge is -2.10. The molecule has 6 nitrogen and oxygen atoms in total. The number of Topliss-reactive ketones (excluding diaryl/α,β-unsaturated/α-hetero) is 1. The summed E-state index contributed by atoms with van der Waals surface area (Å²) in [5, 5.41) is 2.69. The Labute approximate surface area is 132 Å². The molecule has 0 aliphatic heterocycles. The van der Waals surface area contributed by atoms with Crippen molar-refractivity contribution < 1.29 is 9.59 Å². The minimum atomic E-state index is -0.511. The second-order valence-electron chi connectivity index (χ2n) is 4.68. The molecule has 0 atom stereocenters. The molecule has 0 unspecified atom stereocenters. The third-order valence-electron chi connectivity index (χ3n) is 3.16. The lowest BCUT2D eigenvalue weighted by Crippen LogP contribution is -2.16. The maximum absolute atomic E-state index is 12.3. The summed E-state index contributed by atoms with van der Waals surface area (Å²) in [7, 11) is 0. The molecule has 114 valence electrons. The number of rotatable bonds is 4. The number of benzene rings is 1. The Bertz CT molecular complexity index is 746. The highest BCUT2D eigenvalue weighted by Gasteiger charge is 2.16. The Morgan fingerprint density at radius 3 is 2.73 bits per heavy atom. The molecule has 0 radical (unpaired) electrons. The first-order valence-corrected chi connectivity index (χ1v) is 7.03. The van der Waals surface area contributed by atoms with Crippen LogP contribution < -0.4 is 11.1 Å². The van der Waals surface area contributed by atoms with Gasteiger partial charge < -0.3 is 11.1 Å². The van der Waals surface area contributed by atoms with E-state index in [2.05, 4.69) is 15.3 Å². The number of nitrogens with zero attached hydrogens (tertiary/aromatic N) is 2. The van der Waals surface area contributed by atoms with E-state index in [1.807, 2.05) is 6.92 Å². The van der Waals surface area contributed by atoms with Gasteiger partial charge in [0.15, 0.2) is 11.5 Å². The summed E-state index contributed by atoms with van der Waals surface area (Å²) in [4.78, 5) is 31.6. The van der Waals surface area contributed by atoms with Crippen molar-refractivity contribution >= 4 is 34.8 Å². The number of carbonyl (C=O) groups excluding carboxylic acids is 2. The van der Waals surface area contributed by atoms with Gasteiger partial charge in [0.05, 0.1) is 0 Å². The van der Waals surface area contributed by atoms with Crippen LogP contribution in [0.5, 0.6) is 0 Å². The van der Waals surface area contributed by atoms with Gasteiger partial charge in [-0.3, -0.25) is 9.59 Å². The van der Waals surface area contributed by atoms with Gasteiger partial charge in [0, 0.05) is 17.7 Å². The molecular formula is C15H15ClN4O2. The molecule has 1 aromatic heterocycles. The van der Waals surface area contributed by atoms with Crippen molar-refractivity contribution in [2.75, 3.05) is 11.1 Å². The van der Waals surface area contributed by atoms with Crippen molar-refractivity contribution in [3.63, 3.8) is 0 Å². The summed E-state index contributed by atoms with van der Waals surface area (Å²) in [6.07, 6.45) is 1.56. The number of ketones is 1. The van der Waals surface area contributed by atoms with Crippen molar-refractivity contribution in [3.05, 3.63) is 46.4 Å². The zero-order valence-corrected chi connectivity index (χ0v) is 12.9. The fourth-order valence-electron chi connectivity index (χ4n) is 1.86. The Balaban J connectivity index is 2.32. The number of carbonyl (C=O) groups is 2. The average molecular weight is 319 g/mol. The van der Waals surface area contributed by atoms with E-state index in [0.717, 1.165) is 5.56 Å². The van der Waals surface area contributed by atoms with E-state index in [-0.39, 0.29) is 22.3 Å². The first kappa shape index (κ1) is 15.9. The second kappa shape index (κ2) is 6.53. The van der Waals surface area contributed by atoms with E-state index in [1.165, 1.54) is 6.33 Å². The quantitative estimate of drug-likeness (QED) is 0.845. The molecule has 1 amide bonds. The van der Waals surface area contributed by atoms with Crippen LogP contribution >= 0.6 is 11.6 Å². The standard InChI is InChI=1S/C15H15ClN4O2/c1-3-11(21)9-5-4-8(2)10(6-9)20-15(22)13-12(16)14(17)19-7-18-13/h4-7H,3H2,1-2H3,(H,20,22)(H2,17,18,19). The SMILES string of the molecule is CCC(=O)c1ccc(C)c(NC(=O)c2ncnc(N)c2Cl)c1. The van der Waals surface area contributed by atoms with Gasteiger partial charge in [-0.05, 0) is 18.6 Å². The van der Waals surface area contributed by atoms with Crippen molar-refractivity contribution in [2.24, 2.45) is 0 Å². The van der Waals surface area contributed by atoms with Gasteiger partial charge >= 0.3 is 0 Å². The van der Waals surface area contributed by atoms with Crippen molar-refractivity contribution in [1.29, 1.82) is 0 Å². The van der Waals surface area contributed by atoms with Crippen molar-refractivity contribution in [2.45, 2.75) is 20.3 Å². The number of halogens is 1. The smallest absolute Gasteiger partial charge is 0.276 e. The van der Waals surface area contributed by atoms with E-state index in [0.29, 0.717) is 17.7 Å². The number of aryl methyl sites for hydroxylation is 1. The van der Waals surface area contributed by atoms with E-state index >= 15 is 0 Å². The maximum Gasteiger partial charge on any atom is 0.276 e. The van der Waals surface area contributed by atoms with E-state index in [9.17, 15) is 9.59 Å². The molecule has 7 heteroatoms. The normalized spacial score (nSPS) is 10.3. The topological polar surface area (TPSA) is 98.0 Å². The summed E-state index contributed by atoms with van der Waals surface area (Å²) in [6, 6.07) is 5.14. The summed E-state index contributed by atoms with van der Waals surface area (Å²) in [5.74, 6) is -0.475. The van der Waals surface area contributed by atoms with Crippen molar-refractivity contribution in [1.82, 2.24) is 9.97 Å². The van der Waals surface area contributed by atoms with Crippen LogP contribution in [0, 0.1) is 6.92 Å². The largest absolute Gasteiger partial charge is 0.382 e. The van der Waals surface area contributed by atoms with Crippen LogP contribution in [0.4, 0.5) is 11.5 Å². The molecule has 0 bridgehead atoms. The van der Waals surface area contributed by atoms with Gasteiger partial charge in [-0.25, -0.2) is 9.97 Å². The van der Waals surface area contributed by atoms with Crippen molar-refractivity contribution in [3.8, 4) is 0 Å². The molecule has 1 aromatic carbocycles.